The first kappa shape index (κ1) is 20.2. The van der Waals surface area contributed by atoms with E-state index in [-0.39, 0.29) is 10.8 Å². The molecule has 0 saturated heterocycles. The van der Waals surface area contributed by atoms with Crippen molar-refractivity contribution in [2.45, 2.75) is 18.2 Å². The second kappa shape index (κ2) is 8.64. The van der Waals surface area contributed by atoms with E-state index in [1.165, 1.54) is 36.9 Å². The van der Waals surface area contributed by atoms with E-state index in [2.05, 4.69) is 39.3 Å². The van der Waals surface area contributed by atoms with Crippen molar-refractivity contribution in [3.05, 3.63) is 70.7 Å². The SMILES string of the molecule is CNS(=O)(=O)c1ccc(C(=O)NCCc2csc(-c3ccc(C)cc3)n2)cc1. The molecule has 3 rings (SSSR count). The highest BCUT2D eigenvalue weighted by Gasteiger charge is 2.12. The summed E-state index contributed by atoms with van der Waals surface area (Å²) in [5.74, 6) is -0.248. The van der Waals surface area contributed by atoms with E-state index in [1.54, 1.807) is 11.3 Å². The molecule has 0 radical (unpaired) electrons. The lowest BCUT2D eigenvalue weighted by Crippen LogP contribution is -2.26. The largest absolute Gasteiger partial charge is 0.352 e. The summed E-state index contributed by atoms with van der Waals surface area (Å²) in [5.41, 5.74) is 3.63. The van der Waals surface area contributed by atoms with Gasteiger partial charge in [0.15, 0.2) is 0 Å². The minimum atomic E-state index is -3.51. The maximum Gasteiger partial charge on any atom is 0.251 e. The Kier molecular flexibility index (Phi) is 6.23. The second-order valence-electron chi connectivity index (χ2n) is 6.25. The van der Waals surface area contributed by atoms with Crippen molar-refractivity contribution >= 4 is 27.3 Å². The van der Waals surface area contributed by atoms with E-state index in [1.807, 2.05) is 12.3 Å². The molecule has 0 bridgehead atoms. The molecule has 6 nitrogen and oxygen atoms in total. The predicted molar refractivity (Wildman–Crippen MR) is 111 cm³/mol. The van der Waals surface area contributed by atoms with Crippen molar-refractivity contribution in [2.24, 2.45) is 0 Å². The van der Waals surface area contributed by atoms with Gasteiger partial charge in [-0.25, -0.2) is 18.1 Å². The molecule has 0 unspecified atom stereocenters. The summed E-state index contributed by atoms with van der Waals surface area (Å²) in [6, 6.07) is 14.0. The van der Waals surface area contributed by atoms with Gasteiger partial charge in [0, 0.05) is 29.5 Å². The van der Waals surface area contributed by atoms with Crippen LogP contribution in [0.2, 0.25) is 0 Å². The Morgan fingerprint density at radius 3 is 2.39 bits per heavy atom. The van der Waals surface area contributed by atoms with Gasteiger partial charge < -0.3 is 5.32 Å². The topological polar surface area (TPSA) is 88.2 Å². The van der Waals surface area contributed by atoms with Crippen molar-refractivity contribution in [3.63, 3.8) is 0 Å². The van der Waals surface area contributed by atoms with Gasteiger partial charge in [0.25, 0.3) is 5.91 Å². The average molecular weight is 416 g/mol. The Bertz CT molecular complexity index is 1060. The summed E-state index contributed by atoms with van der Waals surface area (Å²) in [5, 5.41) is 5.80. The number of nitrogens with one attached hydrogen (secondary N) is 2. The molecule has 2 N–H and O–H groups in total. The van der Waals surface area contributed by atoms with Crippen LogP contribution in [0.4, 0.5) is 0 Å². The fraction of sp³-hybridized carbons (Fsp3) is 0.200. The van der Waals surface area contributed by atoms with E-state index >= 15 is 0 Å². The van der Waals surface area contributed by atoms with Gasteiger partial charge in [0.2, 0.25) is 10.0 Å². The maximum atomic E-state index is 12.2. The van der Waals surface area contributed by atoms with Crippen molar-refractivity contribution in [1.82, 2.24) is 15.0 Å². The monoisotopic (exact) mass is 415 g/mol. The van der Waals surface area contributed by atoms with E-state index in [0.717, 1.165) is 16.3 Å². The van der Waals surface area contributed by atoms with Gasteiger partial charge in [-0.15, -0.1) is 11.3 Å². The zero-order chi connectivity index (χ0) is 20.1. The van der Waals surface area contributed by atoms with E-state index in [4.69, 9.17) is 0 Å². The molecule has 1 heterocycles. The number of benzene rings is 2. The summed E-state index contributed by atoms with van der Waals surface area (Å²) < 4.78 is 25.7. The number of carbonyl (C=O) groups excluding carboxylic acids is 1. The number of thiazole rings is 1. The number of amides is 1. The van der Waals surface area contributed by atoms with Crippen LogP contribution >= 0.6 is 11.3 Å². The molecular weight excluding hydrogens is 394 g/mol. The third kappa shape index (κ3) is 4.83. The smallest absolute Gasteiger partial charge is 0.251 e. The zero-order valence-corrected chi connectivity index (χ0v) is 17.2. The van der Waals surface area contributed by atoms with E-state index in [0.29, 0.717) is 18.5 Å². The normalized spacial score (nSPS) is 11.4. The Labute approximate surface area is 168 Å². The van der Waals surface area contributed by atoms with Crippen LogP contribution < -0.4 is 10.0 Å². The van der Waals surface area contributed by atoms with Crippen molar-refractivity contribution < 1.29 is 13.2 Å². The molecule has 2 aromatic carbocycles. The van der Waals surface area contributed by atoms with Crippen LogP contribution in [0.25, 0.3) is 10.6 Å². The molecule has 28 heavy (non-hydrogen) atoms. The summed E-state index contributed by atoms with van der Waals surface area (Å²) in [4.78, 5) is 17.0. The van der Waals surface area contributed by atoms with Crippen molar-refractivity contribution in [3.8, 4) is 10.6 Å². The molecule has 1 amide bonds. The van der Waals surface area contributed by atoms with Crippen LogP contribution in [0.1, 0.15) is 21.6 Å². The molecule has 3 aromatic rings. The van der Waals surface area contributed by atoms with Gasteiger partial charge in [-0.2, -0.15) is 0 Å². The third-order valence-corrected chi connectivity index (χ3v) is 6.58. The molecule has 8 heteroatoms. The number of rotatable bonds is 7. The van der Waals surface area contributed by atoms with Crippen LogP contribution in [0.5, 0.6) is 0 Å². The molecule has 0 spiro atoms. The molecule has 1 aromatic heterocycles. The van der Waals surface area contributed by atoms with Crippen molar-refractivity contribution in [2.75, 3.05) is 13.6 Å². The summed E-state index contributed by atoms with van der Waals surface area (Å²) in [7, 11) is -2.16. The van der Waals surface area contributed by atoms with Gasteiger partial charge in [0.1, 0.15) is 5.01 Å². The van der Waals surface area contributed by atoms with Gasteiger partial charge in [-0.3, -0.25) is 4.79 Å². The fourth-order valence-electron chi connectivity index (χ4n) is 2.56. The van der Waals surface area contributed by atoms with Crippen LogP contribution in [0.3, 0.4) is 0 Å². The number of sulfonamides is 1. The van der Waals surface area contributed by atoms with Gasteiger partial charge >= 0.3 is 0 Å². The molecule has 0 atom stereocenters. The zero-order valence-electron chi connectivity index (χ0n) is 15.6. The Morgan fingerprint density at radius 2 is 1.75 bits per heavy atom. The number of aryl methyl sites for hydroxylation is 1. The quantitative estimate of drug-likeness (QED) is 0.621. The first-order chi connectivity index (χ1) is 13.4. The molecule has 0 aliphatic rings. The molecular formula is C20H21N3O3S2. The highest BCUT2D eigenvalue weighted by atomic mass is 32.2. The summed E-state index contributed by atoms with van der Waals surface area (Å²) in [6.07, 6.45) is 0.625. The summed E-state index contributed by atoms with van der Waals surface area (Å²) >= 11 is 1.58. The van der Waals surface area contributed by atoms with Gasteiger partial charge in [-0.1, -0.05) is 29.8 Å². The number of hydrogen-bond acceptors (Lipinski definition) is 5. The molecule has 146 valence electrons. The molecule has 0 aliphatic carbocycles. The highest BCUT2D eigenvalue weighted by Crippen LogP contribution is 2.24. The maximum absolute atomic E-state index is 12.2. The average Bonchev–Trinajstić information content (AvgIpc) is 3.17. The van der Waals surface area contributed by atoms with Crippen molar-refractivity contribution in [1.29, 1.82) is 0 Å². The van der Waals surface area contributed by atoms with Crippen LogP contribution in [-0.4, -0.2) is 32.9 Å². The Morgan fingerprint density at radius 1 is 1.07 bits per heavy atom. The lowest BCUT2D eigenvalue weighted by atomic mass is 10.2. The molecule has 0 saturated carbocycles. The Hall–Kier alpha value is -2.55. The minimum Gasteiger partial charge on any atom is -0.352 e. The van der Waals surface area contributed by atoms with Gasteiger partial charge in [0.05, 0.1) is 10.6 Å². The highest BCUT2D eigenvalue weighted by molar-refractivity contribution is 7.89. The standard InChI is InChI=1S/C20H21N3O3S2/c1-14-3-5-16(6-4-14)20-23-17(13-27-20)11-12-22-19(24)15-7-9-18(10-8-15)28(25,26)21-2/h3-10,13,21H,11-12H2,1-2H3,(H,22,24). The number of aromatic nitrogens is 1. The Balaban J connectivity index is 1.55. The fourth-order valence-corrected chi connectivity index (χ4v) is 4.15. The van der Waals surface area contributed by atoms with E-state index < -0.39 is 10.0 Å². The lowest BCUT2D eigenvalue weighted by Gasteiger charge is -2.06. The number of hydrogen-bond donors (Lipinski definition) is 2. The third-order valence-electron chi connectivity index (χ3n) is 4.21. The lowest BCUT2D eigenvalue weighted by molar-refractivity contribution is 0.0954. The summed E-state index contributed by atoms with van der Waals surface area (Å²) in [6.45, 7) is 2.50. The predicted octanol–water partition coefficient (Wildman–Crippen LogP) is 3.00. The number of nitrogens with zero attached hydrogens (tertiary/aromatic N) is 1. The van der Waals surface area contributed by atoms with Crippen LogP contribution in [0, 0.1) is 6.92 Å². The second-order valence-corrected chi connectivity index (χ2v) is 8.99. The first-order valence-electron chi connectivity index (χ1n) is 8.72. The number of carbonyl (C=O) groups is 1. The first-order valence-corrected chi connectivity index (χ1v) is 11.1. The van der Waals surface area contributed by atoms with E-state index in [9.17, 15) is 13.2 Å². The molecule has 0 aliphatic heterocycles. The van der Waals surface area contributed by atoms with Gasteiger partial charge in [-0.05, 0) is 38.2 Å². The van der Waals surface area contributed by atoms with Crippen LogP contribution in [-0.2, 0) is 16.4 Å². The minimum absolute atomic E-state index is 0.123. The molecule has 0 fully saturated rings. The van der Waals surface area contributed by atoms with Crippen LogP contribution in [0.15, 0.2) is 58.8 Å².